The van der Waals surface area contributed by atoms with Crippen molar-refractivity contribution >= 4 is 35.1 Å². The molecule has 4 rings (SSSR count). The zero-order valence-corrected chi connectivity index (χ0v) is 15.4. The van der Waals surface area contributed by atoms with Gasteiger partial charge in [-0.05, 0) is 43.7 Å². The fourth-order valence-electron chi connectivity index (χ4n) is 3.12. The van der Waals surface area contributed by atoms with E-state index in [2.05, 4.69) is 20.7 Å². The Labute approximate surface area is 157 Å². The molecule has 1 aromatic carbocycles. The van der Waals surface area contributed by atoms with Crippen LogP contribution in [0.4, 0.5) is 5.69 Å². The van der Waals surface area contributed by atoms with Crippen molar-refractivity contribution in [3.05, 3.63) is 42.0 Å². The Morgan fingerprint density at radius 3 is 3.08 bits per heavy atom. The lowest BCUT2D eigenvalue weighted by Crippen LogP contribution is -2.32. The summed E-state index contributed by atoms with van der Waals surface area (Å²) in [5.74, 6) is 0.472. The molecular formula is C18H22ClN5O2. The van der Waals surface area contributed by atoms with Gasteiger partial charge >= 0.3 is 0 Å². The van der Waals surface area contributed by atoms with Crippen LogP contribution in [0.3, 0.4) is 0 Å². The van der Waals surface area contributed by atoms with Crippen LogP contribution in [0, 0.1) is 0 Å². The van der Waals surface area contributed by atoms with Gasteiger partial charge in [0.05, 0.1) is 6.04 Å². The standard InChI is InChI=1S/C18H21N5O2.ClH/c1-2-17-21-15-10-12(5-6-16(15)25-17)20-18(24)14-7-9-23(22-14)13-4-3-8-19-11-13;/h5-7,9-10,13,19H,2-4,8,11H2,1H3,(H,20,24);1H. The first-order valence-corrected chi connectivity index (χ1v) is 8.69. The van der Waals surface area contributed by atoms with Crippen molar-refractivity contribution in [2.24, 2.45) is 0 Å². The number of oxazole rings is 1. The summed E-state index contributed by atoms with van der Waals surface area (Å²) < 4.78 is 7.47. The van der Waals surface area contributed by atoms with Gasteiger partial charge in [-0.15, -0.1) is 12.4 Å². The summed E-state index contributed by atoms with van der Waals surface area (Å²) in [6.07, 6.45) is 4.83. The highest BCUT2D eigenvalue weighted by molar-refractivity contribution is 6.03. The van der Waals surface area contributed by atoms with Crippen LogP contribution in [0.15, 0.2) is 34.9 Å². The van der Waals surface area contributed by atoms with E-state index in [1.807, 2.05) is 36.0 Å². The third-order valence-corrected chi connectivity index (χ3v) is 4.48. The number of piperidine rings is 1. The fraction of sp³-hybridized carbons (Fsp3) is 0.389. The number of aryl methyl sites for hydroxylation is 1. The molecule has 0 bridgehead atoms. The van der Waals surface area contributed by atoms with Crippen LogP contribution in [0.1, 0.15) is 42.2 Å². The third kappa shape index (κ3) is 3.73. The van der Waals surface area contributed by atoms with Gasteiger partial charge in [0, 0.05) is 24.8 Å². The highest BCUT2D eigenvalue weighted by Gasteiger charge is 2.18. The second kappa shape index (κ2) is 7.88. The molecule has 3 aromatic rings. The number of hydrogen-bond acceptors (Lipinski definition) is 5. The molecule has 1 amide bonds. The number of anilines is 1. The molecule has 0 radical (unpaired) electrons. The Balaban J connectivity index is 0.00000196. The van der Waals surface area contributed by atoms with Crippen molar-refractivity contribution in [3.63, 3.8) is 0 Å². The molecule has 1 unspecified atom stereocenters. The maximum Gasteiger partial charge on any atom is 0.276 e. The number of rotatable bonds is 4. The van der Waals surface area contributed by atoms with Crippen LogP contribution in [0.5, 0.6) is 0 Å². The van der Waals surface area contributed by atoms with Gasteiger partial charge < -0.3 is 15.1 Å². The number of hydrogen-bond donors (Lipinski definition) is 2. The van der Waals surface area contributed by atoms with E-state index in [0.29, 0.717) is 23.3 Å². The number of amides is 1. The number of carbonyl (C=O) groups is 1. The minimum atomic E-state index is -0.221. The largest absolute Gasteiger partial charge is 0.441 e. The zero-order chi connectivity index (χ0) is 17.2. The minimum Gasteiger partial charge on any atom is -0.441 e. The quantitative estimate of drug-likeness (QED) is 0.731. The fourth-order valence-corrected chi connectivity index (χ4v) is 3.12. The first kappa shape index (κ1) is 18.4. The van der Waals surface area contributed by atoms with E-state index < -0.39 is 0 Å². The third-order valence-electron chi connectivity index (χ3n) is 4.48. The van der Waals surface area contributed by atoms with E-state index in [0.717, 1.165) is 43.5 Å². The van der Waals surface area contributed by atoms with Gasteiger partial charge in [0.1, 0.15) is 5.52 Å². The first-order chi connectivity index (χ1) is 12.2. The molecule has 7 nitrogen and oxygen atoms in total. The molecule has 2 aromatic heterocycles. The maximum absolute atomic E-state index is 12.5. The molecule has 26 heavy (non-hydrogen) atoms. The lowest BCUT2D eigenvalue weighted by molar-refractivity contribution is 0.102. The van der Waals surface area contributed by atoms with E-state index >= 15 is 0 Å². The zero-order valence-electron chi connectivity index (χ0n) is 14.6. The topological polar surface area (TPSA) is 85.0 Å². The predicted octanol–water partition coefficient (Wildman–Crippen LogP) is 3.19. The van der Waals surface area contributed by atoms with E-state index in [1.54, 1.807) is 6.07 Å². The lowest BCUT2D eigenvalue weighted by atomic mass is 10.1. The molecular weight excluding hydrogens is 354 g/mol. The summed E-state index contributed by atoms with van der Waals surface area (Å²) >= 11 is 0. The molecule has 8 heteroatoms. The Morgan fingerprint density at radius 1 is 1.42 bits per heavy atom. The SMILES string of the molecule is CCc1nc2cc(NC(=O)c3ccn(C4CCCNC4)n3)ccc2o1.Cl. The summed E-state index contributed by atoms with van der Waals surface area (Å²) in [7, 11) is 0. The molecule has 138 valence electrons. The molecule has 1 atom stereocenters. The molecule has 0 saturated carbocycles. The molecule has 0 spiro atoms. The monoisotopic (exact) mass is 375 g/mol. The minimum absolute atomic E-state index is 0. The highest BCUT2D eigenvalue weighted by atomic mass is 35.5. The first-order valence-electron chi connectivity index (χ1n) is 8.69. The van der Waals surface area contributed by atoms with Crippen LogP contribution < -0.4 is 10.6 Å². The van der Waals surface area contributed by atoms with Gasteiger partial charge in [-0.2, -0.15) is 5.10 Å². The van der Waals surface area contributed by atoms with E-state index in [-0.39, 0.29) is 18.3 Å². The predicted molar refractivity (Wildman–Crippen MR) is 102 cm³/mol. The maximum atomic E-state index is 12.5. The normalized spacial score (nSPS) is 17.0. The van der Waals surface area contributed by atoms with Crippen LogP contribution >= 0.6 is 12.4 Å². The van der Waals surface area contributed by atoms with Crippen LogP contribution in [-0.2, 0) is 6.42 Å². The van der Waals surface area contributed by atoms with E-state index in [9.17, 15) is 4.79 Å². The van der Waals surface area contributed by atoms with Gasteiger partial charge in [0.15, 0.2) is 17.2 Å². The number of halogens is 1. The Kier molecular flexibility index (Phi) is 5.58. The van der Waals surface area contributed by atoms with Crippen molar-refractivity contribution in [2.45, 2.75) is 32.2 Å². The Bertz CT molecular complexity index is 898. The highest BCUT2D eigenvalue weighted by Crippen LogP contribution is 2.21. The van der Waals surface area contributed by atoms with Crippen molar-refractivity contribution in [1.29, 1.82) is 0 Å². The summed E-state index contributed by atoms with van der Waals surface area (Å²) in [5.41, 5.74) is 2.57. The average Bonchev–Trinajstić information content (AvgIpc) is 3.29. The second-order valence-electron chi connectivity index (χ2n) is 6.28. The number of nitrogens with zero attached hydrogens (tertiary/aromatic N) is 3. The van der Waals surface area contributed by atoms with Crippen molar-refractivity contribution in [2.75, 3.05) is 18.4 Å². The lowest BCUT2D eigenvalue weighted by Gasteiger charge is -2.22. The summed E-state index contributed by atoms with van der Waals surface area (Å²) in [5, 5.41) is 10.7. The molecule has 1 aliphatic heterocycles. The van der Waals surface area contributed by atoms with Crippen LogP contribution in [0.25, 0.3) is 11.1 Å². The van der Waals surface area contributed by atoms with Gasteiger partial charge in [0.25, 0.3) is 5.91 Å². The number of aromatic nitrogens is 3. The number of nitrogens with one attached hydrogen (secondary N) is 2. The summed E-state index contributed by atoms with van der Waals surface area (Å²) in [6.45, 7) is 3.94. The molecule has 2 N–H and O–H groups in total. The van der Waals surface area contributed by atoms with Gasteiger partial charge in [-0.25, -0.2) is 4.98 Å². The average molecular weight is 376 g/mol. The van der Waals surface area contributed by atoms with Crippen molar-refractivity contribution < 1.29 is 9.21 Å². The van der Waals surface area contributed by atoms with Crippen LogP contribution in [-0.4, -0.2) is 33.8 Å². The number of benzene rings is 1. The van der Waals surface area contributed by atoms with Gasteiger partial charge in [0.2, 0.25) is 0 Å². The number of fused-ring (bicyclic) bond motifs is 1. The van der Waals surface area contributed by atoms with Crippen molar-refractivity contribution in [1.82, 2.24) is 20.1 Å². The van der Waals surface area contributed by atoms with Gasteiger partial charge in [-0.3, -0.25) is 9.48 Å². The van der Waals surface area contributed by atoms with E-state index in [4.69, 9.17) is 4.42 Å². The molecule has 1 aliphatic rings. The Hall–Kier alpha value is -2.38. The molecule has 3 heterocycles. The molecule has 0 aliphatic carbocycles. The van der Waals surface area contributed by atoms with Gasteiger partial charge in [-0.1, -0.05) is 6.92 Å². The second-order valence-corrected chi connectivity index (χ2v) is 6.28. The molecule has 1 fully saturated rings. The number of carbonyl (C=O) groups excluding carboxylic acids is 1. The summed E-state index contributed by atoms with van der Waals surface area (Å²) in [4.78, 5) is 16.9. The van der Waals surface area contributed by atoms with Crippen LogP contribution in [0.2, 0.25) is 0 Å². The smallest absolute Gasteiger partial charge is 0.276 e. The van der Waals surface area contributed by atoms with E-state index in [1.165, 1.54) is 0 Å². The molecule has 1 saturated heterocycles. The Morgan fingerprint density at radius 2 is 2.31 bits per heavy atom. The van der Waals surface area contributed by atoms with Crippen molar-refractivity contribution in [3.8, 4) is 0 Å². The summed E-state index contributed by atoms with van der Waals surface area (Å²) in [6, 6.07) is 7.52.